The van der Waals surface area contributed by atoms with E-state index < -0.39 is 0 Å². The van der Waals surface area contributed by atoms with Crippen molar-refractivity contribution >= 4 is 45.6 Å². The fourth-order valence-corrected chi connectivity index (χ4v) is 6.86. The van der Waals surface area contributed by atoms with Crippen molar-refractivity contribution < 1.29 is 4.79 Å². The van der Waals surface area contributed by atoms with E-state index in [1.54, 1.807) is 28.1 Å². The molecule has 1 amide bonds. The Hall–Kier alpha value is -3.61. The Morgan fingerprint density at radius 2 is 1.77 bits per heavy atom. The Morgan fingerprint density at radius 1 is 0.974 bits per heavy atom. The summed E-state index contributed by atoms with van der Waals surface area (Å²) in [5, 5.41) is 9.82. The number of hydrazone groups is 1. The number of rotatable bonds is 7. The number of benzene rings is 3. The van der Waals surface area contributed by atoms with Crippen LogP contribution < -0.4 is 0 Å². The van der Waals surface area contributed by atoms with Gasteiger partial charge in [0.1, 0.15) is 0 Å². The molecule has 1 unspecified atom stereocenters. The number of thiophene rings is 1. The number of hydrogen-bond acceptors (Lipinski definition) is 4. The lowest BCUT2D eigenvalue weighted by atomic mass is 10.00. The van der Waals surface area contributed by atoms with Gasteiger partial charge in [-0.05, 0) is 55.0 Å². The van der Waals surface area contributed by atoms with E-state index in [1.165, 1.54) is 33.2 Å². The van der Waals surface area contributed by atoms with Crippen molar-refractivity contribution in [2.45, 2.75) is 44.7 Å². The summed E-state index contributed by atoms with van der Waals surface area (Å²) in [7, 11) is 0. The number of fused-ring (bicyclic) bond motifs is 1. The molecule has 0 radical (unpaired) electrons. The van der Waals surface area contributed by atoms with Gasteiger partial charge in [-0.3, -0.25) is 4.79 Å². The van der Waals surface area contributed by atoms with E-state index in [4.69, 9.17) is 5.10 Å². The first-order valence-corrected chi connectivity index (χ1v) is 15.1. The minimum absolute atomic E-state index is 0.0310. The van der Waals surface area contributed by atoms with E-state index in [0.29, 0.717) is 5.75 Å². The Morgan fingerprint density at radius 3 is 2.56 bits per heavy atom. The highest BCUT2D eigenvalue weighted by Crippen LogP contribution is 2.36. The topological polar surface area (TPSA) is 37.6 Å². The van der Waals surface area contributed by atoms with Crippen molar-refractivity contribution in [2.24, 2.45) is 5.10 Å². The fraction of sp³-hybridized carbons (Fsp3) is 0.212. The van der Waals surface area contributed by atoms with Crippen LogP contribution in [0.25, 0.3) is 10.9 Å². The van der Waals surface area contributed by atoms with Crippen molar-refractivity contribution in [1.29, 1.82) is 0 Å². The molecule has 0 spiro atoms. The maximum Gasteiger partial charge on any atom is 0.253 e. The highest BCUT2D eigenvalue weighted by molar-refractivity contribution is 8.00. The highest BCUT2D eigenvalue weighted by Gasteiger charge is 2.33. The van der Waals surface area contributed by atoms with Crippen LogP contribution in [0.1, 0.15) is 45.2 Å². The van der Waals surface area contributed by atoms with E-state index in [-0.39, 0.29) is 11.9 Å². The molecule has 3 aromatic carbocycles. The molecule has 0 N–H and O–H groups in total. The number of aryl methyl sites for hydroxylation is 3. The predicted molar refractivity (Wildman–Crippen MR) is 164 cm³/mol. The number of carbonyl (C=O) groups excluding carboxylic acids is 1. The van der Waals surface area contributed by atoms with Crippen molar-refractivity contribution in [3.8, 4) is 0 Å². The molecule has 0 aliphatic carbocycles. The zero-order valence-corrected chi connectivity index (χ0v) is 24.1. The molecule has 1 aliphatic heterocycles. The molecule has 0 fully saturated rings. The maximum absolute atomic E-state index is 13.7. The molecule has 0 saturated carbocycles. The van der Waals surface area contributed by atoms with Gasteiger partial charge in [0.25, 0.3) is 5.91 Å². The molecule has 0 saturated heterocycles. The van der Waals surface area contributed by atoms with Crippen LogP contribution in [0.3, 0.4) is 0 Å². The number of thioether (sulfide) groups is 1. The van der Waals surface area contributed by atoms with E-state index in [9.17, 15) is 4.79 Å². The average molecular weight is 550 g/mol. The molecule has 5 aromatic rings. The molecule has 196 valence electrons. The van der Waals surface area contributed by atoms with Crippen molar-refractivity contribution in [1.82, 2.24) is 9.58 Å². The molecule has 3 heterocycles. The third kappa shape index (κ3) is 5.32. The molecule has 6 heteroatoms. The SMILES string of the molecule is Cc1ccc(C2CC(c3cccs3)=NN2C(=O)CSc2cn(Cc3cc(C)ccc3C)c3ccccc23)cc1. The first-order valence-electron chi connectivity index (χ1n) is 13.2. The number of carbonyl (C=O) groups is 1. The zero-order valence-electron chi connectivity index (χ0n) is 22.4. The van der Waals surface area contributed by atoms with Gasteiger partial charge >= 0.3 is 0 Å². The molecular weight excluding hydrogens is 519 g/mol. The van der Waals surface area contributed by atoms with E-state index >= 15 is 0 Å². The lowest BCUT2D eigenvalue weighted by Gasteiger charge is -2.22. The number of aromatic nitrogens is 1. The van der Waals surface area contributed by atoms with Crippen LogP contribution in [-0.2, 0) is 11.3 Å². The van der Waals surface area contributed by atoms with Gasteiger partial charge < -0.3 is 4.57 Å². The van der Waals surface area contributed by atoms with Crippen LogP contribution in [0.4, 0.5) is 0 Å². The Balaban J connectivity index is 1.26. The van der Waals surface area contributed by atoms with Gasteiger partial charge in [-0.15, -0.1) is 23.1 Å². The smallest absolute Gasteiger partial charge is 0.253 e. The summed E-state index contributed by atoms with van der Waals surface area (Å²) >= 11 is 3.28. The molecule has 2 aromatic heterocycles. The van der Waals surface area contributed by atoms with Gasteiger partial charge in [-0.1, -0.05) is 77.9 Å². The third-order valence-electron chi connectivity index (χ3n) is 7.38. The van der Waals surface area contributed by atoms with E-state index in [1.807, 2.05) is 6.07 Å². The summed E-state index contributed by atoms with van der Waals surface area (Å²) in [6.07, 6.45) is 2.93. The number of hydrogen-bond donors (Lipinski definition) is 0. The Bertz CT molecular complexity index is 1670. The standard InChI is InChI=1S/C33H31N3OS2/c1-22-11-14-25(15-12-22)30-18-28(31-9-6-16-38-31)34-36(30)33(37)21-39-32-20-35(29-8-5-4-7-27(29)32)19-26-17-23(2)10-13-24(26)3/h4-17,20,30H,18-19,21H2,1-3H3. The summed E-state index contributed by atoms with van der Waals surface area (Å²) in [6, 6.07) is 27.6. The first kappa shape index (κ1) is 25.7. The van der Waals surface area contributed by atoms with Gasteiger partial charge in [0.15, 0.2) is 0 Å². The third-order valence-corrected chi connectivity index (χ3v) is 9.33. The molecule has 39 heavy (non-hydrogen) atoms. The molecule has 0 bridgehead atoms. The highest BCUT2D eigenvalue weighted by atomic mass is 32.2. The van der Waals surface area contributed by atoms with E-state index in [0.717, 1.165) is 34.0 Å². The molecule has 4 nitrogen and oxygen atoms in total. The lowest BCUT2D eigenvalue weighted by molar-refractivity contribution is -0.130. The number of amides is 1. The van der Waals surface area contributed by atoms with Crippen molar-refractivity contribution in [2.75, 3.05) is 5.75 Å². The molecule has 1 atom stereocenters. The summed E-state index contributed by atoms with van der Waals surface area (Å²) in [5.41, 5.74) is 8.38. The second kappa shape index (κ2) is 10.9. The largest absolute Gasteiger partial charge is 0.342 e. The summed E-state index contributed by atoms with van der Waals surface area (Å²) in [4.78, 5) is 15.9. The quantitative estimate of drug-likeness (QED) is 0.192. The first-order chi connectivity index (χ1) is 19.0. The predicted octanol–water partition coefficient (Wildman–Crippen LogP) is 8.15. The second-order valence-corrected chi connectivity index (χ2v) is 12.2. The monoisotopic (exact) mass is 549 g/mol. The van der Waals surface area contributed by atoms with Crippen molar-refractivity contribution in [3.63, 3.8) is 0 Å². The fourth-order valence-electron chi connectivity index (χ4n) is 5.20. The summed E-state index contributed by atoms with van der Waals surface area (Å²) in [6.45, 7) is 7.19. The summed E-state index contributed by atoms with van der Waals surface area (Å²) in [5.74, 6) is 0.365. The Kier molecular flexibility index (Phi) is 7.15. The van der Waals surface area contributed by atoms with Crippen molar-refractivity contribution in [3.05, 3.63) is 123 Å². The van der Waals surface area contributed by atoms with Crippen LogP contribution in [-0.4, -0.2) is 26.9 Å². The molecular formula is C33H31N3OS2. The van der Waals surface area contributed by atoms with Gasteiger partial charge in [0.2, 0.25) is 0 Å². The van der Waals surface area contributed by atoms with Gasteiger partial charge in [0.05, 0.1) is 22.4 Å². The van der Waals surface area contributed by atoms with Crippen LogP contribution in [0, 0.1) is 20.8 Å². The number of nitrogens with zero attached hydrogens (tertiary/aromatic N) is 3. The minimum Gasteiger partial charge on any atom is -0.342 e. The normalized spacial score (nSPS) is 15.2. The van der Waals surface area contributed by atoms with Gasteiger partial charge in [0, 0.05) is 35.0 Å². The van der Waals surface area contributed by atoms with Crippen LogP contribution >= 0.6 is 23.1 Å². The molecule has 1 aliphatic rings. The van der Waals surface area contributed by atoms with Crippen LogP contribution in [0.15, 0.2) is 100 Å². The van der Waals surface area contributed by atoms with Crippen LogP contribution in [0.2, 0.25) is 0 Å². The zero-order chi connectivity index (χ0) is 26.9. The average Bonchev–Trinajstić information content (AvgIpc) is 3.69. The Labute approximate surface area is 238 Å². The van der Waals surface area contributed by atoms with E-state index in [2.05, 4.69) is 110 Å². The van der Waals surface area contributed by atoms with Crippen LogP contribution in [0.5, 0.6) is 0 Å². The maximum atomic E-state index is 13.7. The molecule has 6 rings (SSSR count). The van der Waals surface area contributed by atoms with Gasteiger partial charge in [-0.2, -0.15) is 5.10 Å². The second-order valence-electron chi connectivity index (χ2n) is 10.2. The summed E-state index contributed by atoms with van der Waals surface area (Å²) < 4.78 is 2.31. The number of para-hydroxylation sites is 1. The van der Waals surface area contributed by atoms with Gasteiger partial charge in [-0.25, -0.2) is 5.01 Å². The lowest BCUT2D eigenvalue weighted by Crippen LogP contribution is -2.28. The minimum atomic E-state index is -0.0820.